The van der Waals surface area contributed by atoms with Gasteiger partial charge in [-0.25, -0.2) is 9.59 Å². The number of esters is 2. The van der Waals surface area contributed by atoms with E-state index in [1.54, 1.807) is 42.6 Å². The number of nitrogens with one attached hydrogen (secondary N) is 1. The summed E-state index contributed by atoms with van der Waals surface area (Å²) in [6, 6.07) is 14.1. The number of carbonyl (C=O) groups is 3. The number of benzene rings is 2. The molecule has 0 fully saturated rings. The average Bonchev–Trinajstić information content (AvgIpc) is 3.45. The fourth-order valence-electron chi connectivity index (χ4n) is 4.00. The van der Waals surface area contributed by atoms with Gasteiger partial charge in [0.15, 0.2) is 11.5 Å². The highest BCUT2D eigenvalue weighted by Gasteiger charge is 2.33. The molecule has 0 spiro atoms. The molecule has 166 valence electrons. The molecule has 0 radical (unpaired) electrons. The van der Waals surface area contributed by atoms with Crippen molar-refractivity contribution in [2.45, 2.75) is 0 Å². The third-order valence-corrected chi connectivity index (χ3v) is 5.45. The summed E-state index contributed by atoms with van der Waals surface area (Å²) in [4.78, 5) is 39.1. The molecule has 33 heavy (non-hydrogen) atoms. The highest BCUT2D eigenvalue weighted by Crippen LogP contribution is 2.35. The Labute approximate surface area is 187 Å². The molecule has 5 rings (SSSR count). The van der Waals surface area contributed by atoms with Gasteiger partial charge >= 0.3 is 11.9 Å². The van der Waals surface area contributed by atoms with Crippen molar-refractivity contribution in [1.29, 1.82) is 0 Å². The van der Waals surface area contributed by atoms with Gasteiger partial charge < -0.3 is 28.7 Å². The topological polar surface area (TPSA) is 105 Å². The van der Waals surface area contributed by atoms with Crippen LogP contribution in [0, 0.1) is 0 Å². The summed E-state index contributed by atoms with van der Waals surface area (Å²) >= 11 is 0. The molecule has 0 bridgehead atoms. The van der Waals surface area contributed by atoms with E-state index < -0.39 is 17.8 Å². The number of ether oxygens (including phenoxy) is 4. The van der Waals surface area contributed by atoms with Gasteiger partial charge in [0.2, 0.25) is 6.79 Å². The number of hydrogen-bond donors (Lipinski definition) is 1. The van der Waals surface area contributed by atoms with E-state index >= 15 is 0 Å². The van der Waals surface area contributed by atoms with Gasteiger partial charge in [-0.2, -0.15) is 0 Å². The molecule has 0 unspecified atom stereocenters. The number of methoxy groups -OCH3 is 2. The minimum absolute atomic E-state index is 0.0445. The summed E-state index contributed by atoms with van der Waals surface area (Å²) in [5.74, 6) is -1.15. The molecule has 0 aliphatic carbocycles. The second-order valence-corrected chi connectivity index (χ2v) is 7.23. The van der Waals surface area contributed by atoms with E-state index in [1.165, 1.54) is 18.6 Å². The van der Waals surface area contributed by atoms with E-state index in [0.717, 1.165) is 5.39 Å². The lowest BCUT2D eigenvalue weighted by molar-refractivity contribution is 0.0556. The van der Waals surface area contributed by atoms with Crippen molar-refractivity contribution in [3.63, 3.8) is 0 Å². The average molecular weight is 446 g/mol. The van der Waals surface area contributed by atoms with Gasteiger partial charge in [0, 0.05) is 23.3 Å². The lowest BCUT2D eigenvalue weighted by Gasteiger charge is -2.09. The van der Waals surface area contributed by atoms with E-state index in [4.69, 9.17) is 18.9 Å². The molecule has 0 atom stereocenters. The number of pyridine rings is 1. The van der Waals surface area contributed by atoms with Crippen molar-refractivity contribution in [3.8, 4) is 11.5 Å². The van der Waals surface area contributed by atoms with E-state index in [9.17, 15) is 14.4 Å². The quantitative estimate of drug-likeness (QED) is 0.477. The van der Waals surface area contributed by atoms with Crippen molar-refractivity contribution in [2.24, 2.45) is 0 Å². The summed E-state index contributed by atoms with van der Waals surface area (Å²) in [6.07, 6.45) is 1.63. The van der Waals surface area contributed by atoms with Gasteiger partial charge in [-0.15, -0.1) is 0 Å². The molecule has 9 heteroatoms. The maximum absolute atomic E-state index is 13.5. The number of rotatable bonds is 4. The highest BCUT2D eigenvalue weighted by atomic mass is 16.7. The highest BCUT2D eigenvalue weighted by molar-refractivity contribution is 6.21. The van der Waals surface area contributed by atoms with Crippen LogP contribution in [0.1, 0.15) is 31.2 Å². The number of fused-ring (bicyclic) bond motifs is 4. The second-order valence-electron chi connectivity index (χ2n) is 7.23. The Bertz CT molecular complexity index is 1450. The Morgan fingerprint density at radius 2 is 1.64 bits per heavy atom. The monoisotopic (exact) mass is 446 g/mol. The van der Waals surface area contributed by atoms with E-state index in [-0.39, 0.29) is 23.6 Å². The van der Waals surface area contributed by atoms with E-state index in [0.29, 0.717) is 28.1 Å². The van der Waals surface area contributed by atoms with Crippen LogP contribution in [0.2, 0.25) is 0 Å². The molecule has 0 saturated heterocycles. The maximum Gasteiger partial charge on any atom is 0.341 e. The molecule has 2 aromatic carbocycles. The zero-order chi connectivity index (χ0) is 23.1. The van der Waals surface area contributed by atoms with Gasteiger partial charge in [-0.1, -0.05) is 24.3 Å². The van der Waals surface area contributed by atoms with Crippen molar-refractivity contribution in [1.82, 2.24) is 4.40 Å². The van der Waals surface area contributed by atoms with Gasteiger partial charge in [0.25, 0.3) is 5.91 Å². The Balaban J connectivity index is 1.75. The third-order valence-electron chi connectivity index (χ3n) is 5.45. The fraction of sp³-hybridized carbons (Fsp3) is 0.125. The standard InChI is InChI=1S/C24H18N2O7/c1-30-23(28)18-19(24(29)31-2)21(26-10-9-13-5-3-4-6-15(13)20(18)26)22(27)25-14-7-8-16-17(11-14)33-12-32-16/h3-11H,12H2,1-2H3,(H,25,27). The number of carbonyl (C=O) groups excluding carboxylic acids is 3. The first-order valence-corrected chi connectivity index (χ1v) is 9.97. The molecular weight excluding hydrogens is 428 g/mol. The van der Waals surface area contributed by atoms with Crippen LogP contribution < -0.4 is 14.8 Å². The Hall–Kier alpha value is -4.53. The molecule has 2 aromatic heterocycles. The predicted molar refractivity (Wildman–Crippen MR) is 118 cm³/mol. The SMILES string of the molecule is COC(=O)c1c(C(=O)OC)c2c3ccccc3ccn2c1C(=O)Nc1ccc2c(c1)OCO2. The van der Waals surface area contributed by atoms with Crippen molar-refractivity contribution < 1.29 is 33.3 Å². The van der Waals surface area contributed by atoms with E-state index in [1.807, 2.05) is 12.1 Å². The Morgan fingerprint density at radius 1 is 0.909 bits per heavy atom. The summed E-state index contributed by atoms with van der Waals surface area (Å²) in [6.45, 7) is 0.0954. The van der Waals surface area contributed by atoms with Crippen LogP contribution in [-0.4, -0.2) is 43.3 Å². The molecule has 1 amide bonds. The molecule has 1 aliphatic rings. The van der Waals surface area contributed by atoms with Crippen LogP contribution in [-0.2, 0) is 9.47 Å². The minimum Gasteiger partial charge on any atom is -0.465 e. The van der Waals surface area contributed by atoms with Gasteiger partial charge in [-0.05, 0) is 23.6 Å². The number of amides is 1. The number of anilines is 1. The van der Waals surface area contributed by atoms with Crippen LogP contribution >= 0.6 is 0 Å². The molecule has 0 saturated carbocycles. The fourth-order valence-corrected chi connectivity index (χ4v) is 4.00. The molecule has 3 heterocycles. The van der Waals surface area contributed by atoms with Crippen LogP contribution in [0.15, 0.2) is 54.7 Å². The van der Waals surface area contributed by atoms with Gasteiger partial charge in [0.1, 0.15) is 16.8 Å². The van der Waals surface area contributed by atoms with Crippen LogP contribution in [0.25, 0.3) is 16.3 Å². The molecule has 1 N–H and O–H groups in total. The lowest BCUT2D eigenvalue weighted by atomic mass is 10.1. The lowest BCUT2D eigenvalue weighted by Crippen LogP contribution is -2.19. The smallest absolute Gasteiger partial charge is 0.341 e. The van der Waals surface area contributed by atoms with Crippen molar-refractivity contribution in [3.05, 3.63) is 71.5 Å². The zero-order valence-electron chi connectivity index (χ0n) is 17.7. The summed E-state index contributed by atoms with van der Waals surface area (Å²) in [5, 5.41) is 4.26. The summed E-state index contributed by atoms with van der Waals surface area (Å²) < 4.78 is 22.1. The van der Waals surface area contributed by atoms with Crippen molar-refractivity contribution >= 4 is 39.8 Å². The maximum atomic E-state index is 13.5. The zero-order valence-corrected chi connectivity index (χ0v) is 17.7. The second kappa shape index (κ2) is 7.86. The van der Waals surface area contributed by atoms with Gasteiger partial charge in [0.05, 0.1) is 19.7 Å². The Morgan fingerprint density at radius 3 is 2.42 bits per heavy atom. The molecule has 9 nitrogen and oxygen atoms in total. The minimum atomic E-state index is -0.834. The number of hydrogen-bond acceptors (Lipinski definition) is 7. The van der Waals surface area contributed by atoms with E-state index in [2.05, 4.69) is 5.32 Å². The first-order chi connectivity index (χ1) is 16.0. The van der Waals surface area contributed by atoms with Crippen LogP contribution in [0.5, 0.6) is 11.5 Å². The van der Waals surface area contributed by atoms with Crippen molar-refractivity contribution in [2.75, 3.05) is 26.3 Å². The molecule has 4 aromatic rings. The van der Waals surface area contributed by atoms with Crippen LogP contribution in [0.4, 0.5) is 5.69 Å². The normalized spacial score (nSPS) is 12.1. The third kappa shape index (κ3) is 3.21. The predicted octanol–water partition coefficient (Wildman–Crippen LogP) is 3.65. The molecular formula is C24H18N2O7. The van der Waals surface area contributed by atoms with Gasteiger partial charge in [-0.3, -0.25) is 4.79 Å². The Kier molecular flexibility index (Phi) is 4.86. The van der Waals surface area contributed by atoms with Crippen LogP contribution in [0.3, 0.4) is 0 Å². The largest absolute Gasteiger partial charge is 0.465 e. The first kappa shape index (κ1) is 20.4. The first-order valence-electron chi connectivity index (χ1n) is 9.97. The summed E-state index contributed by atoms with van der Waals surface area (Å²) in [5.41, 5.74) is 0.517. The summed E-state index contributed by atoms with van der Waals surface area (Å²) in [7, 11) is 2.40. The molecule has 1 aliphatic heterocycles. The number of nitrogens with zero attached hydrogens (tertiary/aromatic N) is 1. The number of aromatic nitrogens is 1.